The lowest BCUT2D eigenvalue weighted by molar-refractivity contribution is 0.0906. The molecule has 1 N–H and O–H groups in total. The molecule has 0 bridgehead atoms. The van der Waals surface area contributed by atoms with Crippen molar-refractivity contribution in [2.24, 2.45) is 0 Å². The number of pyridine rings is 1. The lowest BCUT2D eigenvalue weighted by Crippen LogP contribution is -2.48. The number of carbonyl (C=O) groups is 1. The Morgan fingerprint density at radius 3 is 2.89 bits per heavy atom. The number of methoxy groups -OCH3 is 1. The predicted octanol–water partition coefficient (Wildman–Crippen LogP) is 2.37. The highest BCUT2D eigenvalue weighted by atomic mass is 35.5. The molecule has 1 amide bonds. The van der Waals surface area contributed by atoms with Crippen molar-refractivity contribution in [2.45, 2.75) is 31.2 Å². The second-order valence-electron chi connectivity index (χ2n) is 4.65. The fraction of sp³-hybridized carbons (Fsp3) is 0.538. The maximum atomic E-state index is 12.3. The summed E-state index contributed by atoms with van der Waals surface area (Å²) >= 11 is 6.01. The highest BCUT2D eigenvalue weighted by Crippen LogP contribution is 2.31. The van der Waals surface area contributed by atoms with Gasteiger partial charge in [0.05, 0.1) is 24.4 Å². The Morgan fingerprint density at radius 1 is 1.56 bits per heavy atom. The molecule has 1 fully saturated rings. The number of aromatic nitrogens is 1. The fourth-order valence-electron chi connectivity index (χ4n) is 2.38. The number of ether oxygens (including phenoxy) is 1. The van der Waals surface area contributed by atoms with Gasteiger partial charge in [-0.15, -0.1) is 11.6 Å². The molecular weight excluding hydrogens is 252 g/mol. The van der Waals surface area contributed by atoms with Gasteiger partial charge in [-0.25, -0.2) is 0 Å². The number of rotatable bonds is 4. The lowest BCUT2D eigenvalue weighted by Gasteiger charge is -2.28. The first kappa shape index (κ1) is 13.1. The molecule has 2 rings (SSSR count). The number of carbonyl (C=O) groups excluding carboxylic acids is 1. The summed E-state index contributed by atoms with van der Waals surface area (Å²) in [4.78, 5) is 16.2. The molecule has 1 aliphatic carbocycles. The van der Waals surface area contributed by atoms with Crippen LogP contribution in [-0.4, -0.2) is 29.4 Å². The van der Waals surface area contributed by atoms with Crippen LogP contribution in [-0.2, 0) is 0 Å². The van der Waals surface area contributed by atoms with Gasteiger partial charge in [0.1, 0.15) is 5.75 Å². The molecule has 1 aromatic rings. The van der Waals surface area contributed by atoms with Gasteiger partial charge in [-0.3, -0.25) is 9.78 Å². The zero-order valence-electron chi connectivity index (χ0n) is 10.4. The highest BCUT2D eigenvalue weighted by molar-refractivity contribution is 6.19. The number of nitrogens with one attached hydrogen (secondary N) is 1. The number of nitrogens with zero attached hydrogens (tertiary/aromatic N) is 1. The van der Waals surface area contributed by atoms with Crippen LogP contribution in [0.2, 0.25) is 0 Å². The Labute approximate surface area is 112 Å². The zero-order valence-corrected chi connectivity index (χ0v) is 11.2. The Kier molecular flexibility index (Phi) is 4.07. The molecule has 0 spiro atoms. The third-order valence-corrected chi connectivity index (χ3v) is 3.96. The molecule has 5 heteroatoms. The second-order valence-corrected chi connectivity index (χ2v) is 4.92. The van der Waals surface area contributed by atoms with Crippen LogP contribution >= 0.6 is 11.6 Å². The Balaban J connectivity index is 2.16. The smallest absolute Gasteiger partial charge is 0.255 e. The molecule has 0 radical (unpaired) electrons. The zero-order chi connectivity index (χ0) is 13.0. The number of hydrogen-bond donors (Lipinski definition) is 1. The molecule has 0 unspecified atom stereocenters. The Bertz CT molecular complexity index is 431. The monoisotopic (exact) mass is 268 g/mol. The number of alkyl halides is 1. The van der Waals surface area contributed by atoms with Crippen molar-refractivity contribution in [1.29, 1.82) is 0 Å². The van der Waals surface area contributed by atoms with Gasteiger partial charge in [0, 0.05) is 12.1 Å². The standard InChI is InChI=1S/C13H17ClN2O2/c1-18-11-8-15-7-4-10(11)12(17)16-13(9-14)5-2-3-6-13/h4,7-8H,2-3,5-6,9H2,1H3,(H,16,17). The van der Waals surface area contributed by atoms with Crippen LogP contribution in [0.4, 0.5) is 0 Å². The number of halogens is 1. The Hall–Kier alpha value is -1.29. The van der Waals surface area contributed by atoms with E-state index in [1.54, 1.807) is 12.3 Å². The lowest BCUT2D eigenvalue weighted by atomic mass is 9.99. The summed E-state index contributed by atoms with van der Waals surface area (Å²) in [5.41, 5.74) is 0.247. The highest BCUT2D eigenvalue weighted by Gasteiger charge is 2.35. The average molecular weight is 269 g/mol. The topological polar surface area (TPSA) is 51.2 Å². The first-order valence-electron chi connectivity index (χ1n) is 6.07. The molecule has 0 saturated heterocycles. The first-order chi connectivity index (χ1) is 8.71. The van der Waals surface area contributed by atoms with E-state index in [-0.39, 0.29) is 11.4 Å². The quantitative estimate of drug-likeness (QED) is 0.853. The van der Waals surface area contributed by atoms with E-state index in [1.165, 1.54) is 13.3 Å². The van der Waals surface area contributed by atoms with Gasteiger partial charge in [-0.2, -0.15) is 0 Å². The fourth-order valence-corrected chi connectivity index (χ4v) is 2.72. The van der Waals surface area contributed by atoms with Crippen molar-refractivity contribution in [1.82, 2.24) is 10.3 Å². The van der Waals surface area contributed by atoms with Crippen LogP contribution in [0.15, 0.2) is 18.5 Å². The van der Waals surface area contributed by atoms with E-state index in [0.717, 1.165) is 25.7 Å². The predicted molar refractivity (Wildman–Crippen MR) is 70.2 cm³/mol. The summed E-state index contributed by atoms with van der Waals surface area (Å²) in [5, 5.41) is 3.05. The van der Waals surface area contributed by atoms with Crippen LogP contribution in [0.25, 0.3) is 0 Å². The number of hydrogen-bond acceptors (Lipinski definition) is 3. The molecule has 0 aromatic carbocycles. The summed E-state index contributed by atoms with van der Waals surface area (Å²) < 4.78 is 5.14. The maximum Gasteiger partial charge on any atom is 0.255 e. The van der Waals surface area contributed by atoms with Crippen molar-refractivity contribution in [3.8, 4) is 5.75 Å². The minimum absolute atomic E-state index is 0.142. The Morgan fingerprint density at radius 2 is 2.28 bits per heavy atom. The normalized spacial score (nSPS) is 17.4. The van der Waals surface area contributed by atoms with Gasteiger partial charge < -0.3 is 10.1 Å². The molecule has 1 aliphatic rings. The van der Waals surface area contributed by atoms with Crippen LogP contribution in [0.3, 0.4) is 0 Å². The van der Waals surface area contributed by atoms with Gasteiger partial charge in [-0.1, -0.05) is 12.8 Å². The van der Waals surface area contributed by atoms with Crippen molar-refractivity contribution >= 4 is 17.5 Å². The van der Waals surface area contributed by atoms with Gasteiger partial charge in [0.25, 0.3) is 5.91 Å². The van der Waals surface area contributed by atoms with Gasteiger partial charge in [-0.05, 0) is 18.9 Å². The van der Waals surface area contributed by atoms with E-state index in [4.69, 9.17) is 16.3 Å². The molecule has 1 saturated carbocycles. The van der Waals surface area contributed by atoms with E-state index in [0.29, 0.717) is 17.2 Å². The van der Waals surface area contributed by atoms with Gasteiger partial charge in [0.2, 0.25) is 0 Å². The van der Waals surface area contributed by atoms with Crippen LogP contribution in [0.1, 0.15) is 36.0 Å². The van der Waals surface area contributed by atoms with E-state index in [9.17, 15) is 4.79 Å². The molecule has 4 nitrogen and oxygen atoms in total. The number of amides is 1. The van der Waals surface area contributed by atoms with Crippen molar-refractivity contribution in [3.63, 3.8) is 0 Å². The summed E-state index contributed by atoms with van der Waals surface area (Å²) in [6.07, 6.45) is 7.22. The summed E-state index contributed by atoms with van der Waals surface area (Å²) in [6.45, 7) is 0. The minimum Gasteiger partial charge on any atom is -0.494 e. The van der Waals surface area contributed by atoms with E-state index < -0.39 is 0 Å². The summed E-state index contributed by atoms with van der Waals surface area (Å²) in [6, 6.07) is 1.66. The van der Waals surface area contributed by atoms with Crippen molar-refractivity contribution in [3.05, 3.63) is 24.0 Å². The van der Waals surface area contributed by atoms with E-state index in [2.05, 4.69) is 10.3 Å². The molecular formula is C13H17ClN2O2. The molecule has 98 valence electrons. The minimum atomic E-state index is -0.257. The second kappa shape index (κ2) is 5.57. The summed E-state index contributed by atoms with van der Waals surface area (Å²) in [7, 11) is 1.53. The third-order valence-electron chi connectivity index (χ3n) is 3.44. The van der Waals surface area contributed by atoms with Crippen LogP contribution in [0, 0.1) is 0 Å². The van der Waals surface area contributed by atoms with Gasteiger partial charge in [0.15, 0.2) is 0 Å². The molecule has 0 atom stereocenters. The average Bonchev–Trinajstić information content (AvgIpc) is 2.87. The largest absolute Gasteiger partial charge is 0.494 e. The van der Waals surface area contributed by atoms with E-state index in [1.807, 2.05) is 0 Å². The van der Waals surface area contributed by atoms with Gasteiger partial charge >= 0.3 is 0 Å². The first-order valence-corrected chi connectivity index (χ1v) is 6.61. The molecule has 0 aliphatic heterocycles. The summed E-state index contributed by atoms with van der Waals surface area (Å²) in [5.74, 6) is 0.793. The van der Waals surface area contributed by atoms with Crippen molar-refractivity contribution < 1.29 is 9.53 Å². The van der Waals surface area contributed by atoms with E-state index >= 15 is 0 Å². The maximum absolute atomic E-state index is 12.3. The molecule has 1 aromatic heterocycles. The van der Waals surface area contributed by atoms with Crippen LogP contribution in [0.5, 0.6) is 5.75 Å². The van der Waals surface area contributed by atoms with Crippen molar-refractivity contribution in [2.75, 3.05) is 13.0 Å². The molecule has 1 heterocycles. The third kappa shape index (κ3) is 2.58. The molecule has 18 heavy (non-hydrogen) atoms. The SMILES string of the molecule is COc1cnccc1C(=O)NC1(CCl)CCCC1. The van der Waals surface area contributed by atoms with Crippen LogP contribution < -0.4 is 10.1 Å².